The van der Waals surface area contributed by atoms with E-state index in [9.17, 15) is 0 Å². The van der Waals surface area contributed by atoms with Gasteiger partial charge < -0.3 is 9.80 Å². The average Bonchev–Trinajstić information content (AvgIpc) is 2.93. The van der Waals surface area contributed by atoms with Crippen molar-refractivity contribution in [1.29, 1.82) is 0 Å². The molecule has 7 rings (SSSR count). The van der Waals surface area contributed by atoms with E-state index in [2.05, 4.69) is 143 Å². The van der Waals surface area contributed by atoms with Gasteiger partial charge >= 0.3 is 0 Å². The van der Waals surface area contributed by atoms with Crippen LogP contribution >= 0.6 is 0 Å². The minimum absolute atomic E-state index is 1.16. The third-order valence-corrected chi connectivity index (χ3v) is 6.72. The van der Waals surface area contributed by atoms with E-state index in [1.54, 1.807) is 0 Å². The fourth-order valence-corrected chi connectivity index (χ4v) is 5.33. The quantitative estimate of drug-likeness (QED) is 0.250. The molecule has 0 fully saturated rings. The summed E-state index contributed by atoms with van der Waals surface area (Å²) in [5.41, 5.74) is 7.08. The summed E-state index contributed by atoms with van der Waals surface area (Å²) < 4.78 is 0. The zero-order chi connectivity index (χ0) is 22.5. The minimum atomic E-state index is 1.16. The second-order valence-corrected chi connectivity index (χ2v) is 8.62. The summed E-state index contributed by atoms with van der Waals surface area (Å²) in [6.45, 7) is 0. The second kappa shape index (κ2) is 7.50. The fourth-order valence-electron chi connectivity index (χ4n) is 5.33. The lowest BCUT2D eigenvalue weighted by atomic mass is 9.93. The topological polar surface area (TPSA) is 6.48 Å². The smallest absolute Gasteiger partial charge is 0.0788 e. The van der Waals surface area contributed by atoms with E-state index in [1.807, 2.05) is 0 Å². The molecule has 0 spiro atoms. The van der Waals surface area contributed by atoms with Gasteiger partial charge in [-0.1, -0.05) is 97.1 Å². The van der Waals surface area contributed by atoms with Crippen LogP contribution in [0.2, 0.25) is 0 Å². The zero-order valence-corrected chi connectivity index (χ0v) is 18.6. The highest BCUT2D eigenvalue weighted by atomic mass is 15.3. The first kappa shape index (κ1) is 19.0. The van der Waals surface area contributed by atoms with E-state index >= 15 is 0 Å². The summed E-state index contributed by atoms with van der Waals surface area (Å²) >= 11 is 0. The third-order valence-electron chi connectivity index (χ3n) is 6.72. The lowest BCUT2D eigenvalue weighted by molar-refractivity contribution is 1.19. The maximum atomic E-state index is 2.43. The Morgan fingerprint density at radius 3 is 1.03 bits per heavy atom. The molecular formula is C32H22N2. The highest BCUT2D eigenvalue weighted by molar-refractivity contribution is 6.25. The van der Waals surface area contributed by atoms with Crippen molar-refractivity contribution >= 4 is 55.7 Å². The summed E-state index contributed by atoms with van der Waals surface area (Å²) in [6.07, 6.45) is 0. The van der Waals surface area contributed by atoms with Crippen molar-refractivity contribution in [2.45, 2.75) is 0 Å². The summed E-state index contributed by atoms with van der Waals surface area (Å²) in [5, 5.41) is 5.03. The molecule has 2 heteroatoms. The molecule has 0 atom stereocenters. The Morgan fingerprint density at radius 1 is 0.294 bits per heavy atom. The normalized spacial score (nSPS) is 12.6. The van der Waals surface area contributed by atoms with Gasteiger partial charge in [-0.15, -0.1) is 0 Å². The Morgan fingerprint density at radius 2 is 0.618 bits per heavy atom. The van der Waals surface area contributed by atoms with Crippen LogP contribution in [0.1, 0.15) is 0 Å². The minimum Gasteiger partial charge on any atom is -0.306 e. The number of hydrogen-bond acceptors (Lipinski definition) is 2. The van der Waals surface area contributed by atoms with Crippen LogP contribution in [0.3, 0.4) is 0 Å². The van der Waals surface area contributed by atoms with Gasteiger partial charge in [0, 0.05) is 22.1 Å². The maximum absolute atomic E-state index is 2.43. The molecule has 2 nitrogen and oxygen atoms in total. The van der Waals surface area contributed by atoms with Crippen LogP contribution in [0.25, 0.3) is 21.5 Å². The molecule has 0 aromatic heterocycles. The highest BCUT2D eigenvalue weighted by Gasteiger charge is 2.33. The Kier molecular flexibility index (Phi) is 4.18. The van der Waals surface area contributed by atoms with Crippen LogP contribution in [0.15, 0.2) is 133 Å². The molecule has 1 aliphatic heterocycles. The lowest BCUT2D eigenvalue weighted by Crippen LogP contribution is -2.24. The molecule has 0 bridgehead atoms. The van der Waals surface area contributed by atoms with Gasteiger partial charge in [-0.25, -0.2) is 0 Å². The van der Waals surface area contributed by atoms with Crippen LogP contribution < -0.4 is 9.80 Å². The third kappa shape index (κ3) is 2.69. The average molecular weight is 435 g/mol. The summed E-state index contributed by atoms with van der Waals surface area (Å²) in [5.74, 6) is 0. The molecule has 0 unspecified atom stereocenters. The molecule has 0 amide bonds. The van der Waals surface area contributed by atoms with Gasteiger partial charge in [0.15, 0.2) is 0 Å². The molecule has 1 aliphatic rings. The van der Waals surface area contributed by atoms with E-state index < -0.39 is 0 Å². The van der Waals surface area contributed by atoms with Gasteiger partial charge in [-0.2, -0.15) is 0 Å². The van der Waals surface area contributed by atoms with Gasteiger partial charge in [0.2, 0.25) is 0 Å². The first-order valence-electron chi connectivity index (χ1n) is 11.6. The van der Waals surface area contributed by atoms with Crippen molar-refractivity contribution in [3.63, 3.8) is 0 Å². The van der Waals surface area contributed by atoms with E-state index in [0.717, 1.165) is 11.4 Å². The molecule has 6 aromatic carbocycles. The first-order valence-corrected chi connectivity index (χ1v) is 11.6. The van der Waals surface area contributed by atoms with Gasteiger partial charge in [0.05, 0.1) is 22.7 Å². The molecule has 0 saturated heterocycles. The number of anilines is 6. The number of rotatable bonds is 2. The number of nitrogens with zero attached hydrogens (tertiary/aromatic N) is 2. The summed E-state index contributed by atoms with van der Waals surface area (Å²) in [4.78, 5) is 4.86. The maximum Gasteiger partial charge on any atom is 0.0788 e. The van der Waals surface area contributed by atoms with Crippen molar-refractivity contribution in [3.05, 3.63) is 133 Å². The Bertz CT molecular complexity index is 1530. The van der Waals surface area contributed by atoms with E-state index in [-0.39, 0.29) is 0 Å². The Labute approximate surface area is 198 Å². The number of fused-ring (bicyclic) bond motifs is 7. The van der Waals surface area contributed by atoms with Gasteiger partial charge in [-0.3, -0.25) is 0 Å². The predicted molar refractivity (Wildman–Crippen MR) is 144 cm³/mol. The Balaban J connectivity index is 1.71. The fraction of sp³-hybridized carbons (Fsp3) is 0. The van der Waals surface area contributed by atoms with Gasteiger partial charge in [0.1, 0.15) is 0 Å². The van der Waals surface area contributed by atoms with Crippen molar-refractivity contribution in [3.8, 4) is 0 Å². The lowest BCUT2D eigenvalue weighted by Gasteiger charge is -2.41. The van der Waals surface area contributed by atoms with Gasteiger partial charge in [-0.05, 0) is 47.2 Å². The standard InChI is InChI=1S/C32H22N2/c1-3-13-23(14-4-1)33-29-21-11-12-22-30(29)34(24-15-5-2-6-16-24)32-28-20-10-8-18-26(28)25-17-7-9-19-27(25)31(32)33/h1-22H. The number of benzene rings is 6. The molecular weight excluding hydrogens is 412 g/mol. The predicted octanol–water partition coefficient (Wildman–Crippen LogP) is 9.25. The van der Waals surface area contributed by atoms with Crippen LogP contribution in [0.5, 0.6) is 0 Å². The molecule has 0 radical (unpaired) electrons. The van der Waals surface area contributed by atoms with Crippen LogP contribution in [0.4, 0.5) is 34.1 Å². The molecule has 0 saturated carbocycles. The molecule has 0 N–H and O–H groups in total. The number of para-hydroxylation sites is 4. The van der Waals surface area contributed by atoms with Crippen molar-refractivity contribution in [1.82, 2.24) is 0 Å². The summed E-state index contributed by atoms with van der Waals surface area (Å²) in [6, 6.07) is 47.7. The van der Waals surface area contributed by atoms with Gasteiger partial charge in [0.25, 0.3) is 0 Å². The molecule has 6 aromatic rings. The monoisotopic (exact) mass is 434 g/mol. The molecule has 34 heavy (non-hydrogen) atoms. The molecule has 0 aliphatic carbocycles. The second-order valence-electron chi connectivity index (χ2n) is 8.62. The zero-order valence-electron chi connectivity index (χ0n) is 18.6. The molecule has 160 valence electrons. The molecule has 1 heterocycles. The largest absolute Gasteiger partial charge is 0.306 e. The van der Waals surface area contributed by atoms with E-state index in [0.29, 0.717) is 0 Å². The van der Waals surface area contributed by atoms with E-state index in [1.165, 1.54) is 44.3 Å². The van der Waals surface area contributed by atoms with Crippen molar-refractivity contribution < 1.29 is 0 Å². The van der Waals surface area contributed by atoms with E-state index in [4.69, 9.17) is 0 Å². The van der Waals surface area contributed by atoms with Crippen molar-refractivity contribution in [2.24, 2.45) is 0 Å². The van der Waals surface area contributed by atoms with Crippen LogP contribution in [-0.4, -0.2) is 0 Å². The summed E-state index contributed by atoms with van der Waals surface area (Å²) in [7, 11) is 0. The SMILES string of the molecule is c1ccc(N2c3ccccc3N(c3ccccc3)c3c2c2ccccc2c2ccccc32)cc1. The first-order chi connectivity index (χ1) is 16.9. The number of hydrogen-bond donors (Lipinski definition) is 0. The van der Waals surface area contributed by atoms with Crippen LogP contribution in [0, 0.1) is 0 Å². The van der Waals surface area contributed by atoms with Crippen LogP contribution in [-0.2, 0) is 0 Å². The Hall–Kier alpha value is -4.56. The van der Waals surface area contributed by atoms with Crippen molar-refractivity contribution in [2.75, 3.05) is 9.80 Å². The highest BCUT2D eigenvalue weighted by Crippen LogP contribution is 2.58.